The van der Waals surface area contributed by atoms with Gasteiger partial charge in [0.2, 0.25) is 5.88 Å². The number of nitrogens with two attached hydrogens (primary N) is 2. The molecule has 0 radical (unpaired) electrons. The van der Waals surface area contributed by atoms with Gasteiger partial charge in [-0.05, 0) is 18.2 Å². The molecular formula is C13H11N3O2S. The summed E-state index contributed by atoms with van der Waals surface area (Å²) in [5.74, 6) is 0.0580. The molecule has 96 valence electrons. The normalized spacial score (nSPS) is 9.89. The highest BCUT2D eigenvalue weighted by Gasteiger charge is 2.10. The molecule has 0 unspecified atom stereocenters. The number of carbonyl (C=O) groups excluding carboxylic acids is 1. The van der Waals surface area contributed by atoms with Crippen LogP contribution in [0.3, 0.4) is 0 Å². The quantitative estimate of drug-likeness (QED) is 0.826. The van der Waals surface area contributed by atoms with Gasteiger partial charge in [0.05, 0.1) is 5.56 Å². The van der Waals surface area contributed by atoms with Crippen LogP contribution < -0.4 is 16.2 Å². The maximum absolute atomic E-state index is 11.3. The SMILES string of the molecule is NC(=O)c1ccccc1Oc1cccc(C(N)=S)n1. The lowest BCUT2D eigenvalue weighted by atomic mass is 10.2. The van der Waals surface area contributed by atoms with Crippen LogP contribution in [0.15, 0.2) is 42.5 Å². The lowest BCUT2D eigenvalue weighted by Gasteiger charge is -2.08. The van der Waals surface area contributed by atoms with Crippen LogP contribution in [0.1, 0.15) is 16.1 Å². The van der Waals surface area contributed by atoms with Crippen molar-refractivity contribution in [3.05, 3.63) is 53.7 Å². The fraction of sp³-hybridized carbons (Fsp3) is 0. The average Bonchev–Trinajstić information content (AvgIpc) is 2.39. The first kappa shape index (κ1) is 13.0. The third-order valence-electron chi connectivity index (χ3n) is 2.34. The van der Waals surface area contributed by atoms with Gasteiger partial charge in [-0.2, -0.15) is 0 Å². The zero-order chi connectivity index (χ0) is 13.8. The highest BCUT2D eigenvalue weighted by atomic mass is 32.1. The van der Waals surface area contributed by atoms with Gasteiger partial charge >= 0.3 is 0 Å². The van der Waals surface area contributed by atoms with E-state index in [1.165, 1.54) is 0 Å². The number of hydrogen-bond acceptors (Lipinski definition) is 4. The molecule has 0 fully saturated rings. The summed E-state index contributed by atoms with van der Waals surface area (Å²) in [7, 11) is 0. The van der Waals surface area contributed by atoms with E-state index in [-0.39, 0.29) is 10.6 Å². The summed E-state index contributed by atoms with van der Waals surface area (Å²) < 4.78 is 5.53. The van der Waals surface area contributed by atoms with Crippen LogP contribution in [-0.4, -0.2) is 15.9 Å². The molecule has 19 heavy (non-hydrogen) atoms. The maximum Gasteiger partial charge on any atom is 0.252 e. The topological polar surface area (TPSA) is 91.2 Å². The summed E-state index contributed by atoms with van der Waals surface area (Å²) in [4.78, 5) is 15.6. The number of carbonyl (C=O) groups is 1. The fourth-order valence-electron chi connectivity index (χ4n) is 1.48. The molecule has 0 spiro atoms. The number of aromatic nitrogens is 1. The summed E-state index contributed by atoms with van der Waals surface area (Å²) in [6.07, 6.45) is 0. The molecule has 6 heteroatoms. The smallest absolute Gasteiger partial charge is 0.252 e. The minimum Gasteiger partial charge on any atom is -0.438 e. The van der Waals surface area contributed by atoms with Gasteiger partial charge in [-0.15, -0.1) is 0 Å². The van der Waals surface area contributed by atoms with E-state index < -0.39 is 5.91 Å². The van der Waals surface area contributed by atoms with Crippen LogP contribution in [0.2, 0.25) is 0 Å². The summed E-state index contributed by atoms with van der Waals surface area (Å²) in [6, 6.07) is 11.7. The number of nitrogens with zero attached hydrogens (tertiary/aromatic N) is 1. The highest BCUT2D eigenvalue weighted by Crippen LogP contribution is 2.23. The molecule has 1 aromatic carbocycles. The van der Waals surface area contributed by atoms with Crippen LogP contribution in [0, 0.1) is 0 Å². The number of thiocarbonyl (C=S) groups is 1. The molecule has 0 atom stereocenters. The molecule has 1 heterocycles. The molecular weight excluding hydrogens is 262 g/mol. The van der Waals surface area contributed by atoms with Crippen LogP contribution in [-0.2, 0) is 0 Å². The first-order chi connectivity index (χ1) is 9.08. The summed E-state index contributed by atoms with van der Waals surface area (Å²) in [5.41, 5.74) is 11.5. The maximum atomic E-state index is 11.3. The number of rotatable bonds is 4. The Morgan fingerprint density at radius 2 is 1.84 bits per heavy atom. The molecule has 0 saturated carbocycles. The van der Waals surface area contributed by atoms with Crippen molar-refractivity contribution in [1.82, 2.24) is 4.98 Å². The Hall–Kier alpha value is -2.47. The van der Waals surface area contributed by atoms with Gasteiger partial charge in [0.1, 0.15) is 16.4 Å². The van der Waals surface area contributed by atoms with Crippen molar-refractivity contribution in [3.8, 4) is 11.6 Å². The molecule has 1 aromatic heterocycles. The van der Waals surface area contributed by atoms with Crippen LogP contribution in [0.5, 0.6) is 11.6 Å². The van der Waals surface area contributed by atoms with Gasteiger partial charge in [0.25, 0.3) is 5.91 Å². The predicted octanol–water partition coefficient (Wildman–Crippen LogP) is 1.61. The molecule has 0 aliphatic carbocycles. The molecule has 1 amide bonds. The average molecular weight is 273 g/mol. The fourth-order valence-corrected chi connectivity index (χ4v) is 1.59. The number of primary amides is 1. The van der Waals surface area contributed by atoms with Crippen molar-refractivity contribution in [2.45, 2.75) is 0 Å². The highest BCUT2D eigenvalue weighted by molar-refractivity contribution is 7.80. The molecule has 2 rings (SSSR count). The number of benzene rings is 1. The first-order valence-corrected chi connectivity index (χ1v) is 5.82. The van der Waals surface area contributed by atoms with Gasteiger partial charge < -0.3 is 16.2 Å². The van der Waals surface area contributed by atoms with Gasteiger partial charge in [-0.25, -0.2) is 4.98 Å². The Labute approximate surface area is 115 Å². The van der Waals surface area contributed by atoms with Gasteiger partial charge in [-0.3, -0.25) is 4.79 Å². The number of pyridine rings is 1. The van der Waals surface area contributed by atoms with Crippen LogP contribution in [0.25, 0.3) is 0 Å². The van der Waals surface area contributed by atoms with E-state index in [1.807, 2.05) is 0 Å². The number of ether oxygens (including phenoxy) is 1. The van der Waals surface area contributed by atoms with E-state index in [0.717, 1.165) is 0 Å². The lowest BCUT2D eigenvalue weighted by molar-refractivity contribution is 0.0998. The van der Waals surface area contributed by atoms with E-state index in [4.69, 9.17) is 28.4 Å². The number of amides is 1. The van der Waals surface area contributed by atoms with Crippen molar-refractivity contribution in [2.24, 2.45) is 11.5 Å². The second kappa shape index (κ2) is 5.45. The van der Waals surface area contributed by atoms with E-state index in [9.17, 15) is 4.79 Å². The Bertz CT molecular complexity index is 643. The summed E-state index contributed by atoms with van der Waals surface area (Å²) >= 11 is 4.84. The molecule has 4 N–H and O–H groups in total. The summed E-state index contributed by atoms with van der Waals surface area (Å²) in [6.45, 7) is 0. The largest absolute Gasteiger partial charge is 0.438 e. The van der Waals surface area contributed by atoms with Crippen LogP contribution in [0.4, 0.5) is 0 Å². The van der Waals surface area contributed by atoms with E-state index in [2.05, 4.69) is 4.98 Å². The zero-order valence-corrected chi connectivity index (χ0v) is 10.7. The van der Waals surface area contributed by atoms with Gasteiger partial charge in [0, 0.05) is 6.07 Å². The second-order valence-electron chi connectivity index (χ2n) is 3.69. The van der Waals surface area contributed by atoms with Crippen LogP contribution >= 0.6 is 12.2 Å². The Morgan fingerprint density at radius 3 is 2.53 bits per heavy atom. The van der Waals surface area contributed by atoms with Gasteiger partial charge in [0.15, 0.2) is 0 Å². The molecule has 0 saturated heterocycles. The van der Waals surface area contributed by atoms with Gasteiger partial charge in [-0.1, -0.05) is 30.4 Å². The molecule has 0 bridgehead atoms. The molecule has 2 aromatic rings. The molecule has 5 nitrogen and oxygen atoms in total. The number of para-hydroxylation sites is 1. The minimum absolute atomic E-state index is 0.175. The second-order valence-corrected chi connectivity index (χ2v) is 4.13. The minimum atomic E-state index is -0.568. The standard InChI is InChI=1S/C13H11N3O2S/c14-12(17)8-4-1-2-6-10(8)18-11-7-3-5-9(16-11)13(15)19/h1-7H,(H2,14,17)(H2,15,19). The zero-order valence-electron chi connectivity index (χ0n) is 9.87. The lowest BCUT2D eigenvalue weighted by Crippen LogP contribution is -2.13. The van der Waals surface area contributed by atoms with Crippen molar-refractivity contribution in [3.63, 3.8) is 0 Å². The first-order valence-electron chi connectivity index (χ1n) is 5.41. The number of hydrogen-bond donors (Lipinski definition) is 2. The monoisotopic (exact) mass is 273 g/mol. The van der Waals surface area contributed by atoms with Crippen molar-refractivity contribution in [1.29, 1.82) is 0 Å². The van der Waals surface area contributed by atoms with Crippen molar-refractivity contribution >= 4 is 23.1 Å². The third-order valence-corrected chi connectivity index (χ3v) is 2.55. The Morgan fingerprint density at radius 1 is 1.11 bits per heavy atom. The molecule has 0 aliphatic heterocycles. The predicted molar refractivity (Wildman–Crippen MR) is 75.2 cm³/mol. The summed E-state index contributed by atoms with van der Waals surface area (Å²) in [5, 5.41) is 0. The third kappa shape index (κ3) is 3.05. The van der Waals surface area contributed by atoms with Crippen molar-refractivity contribution < 1.29 is 9.53 Å². The Balaban J connectivity index is 2.34. The van der Waals surface area contributed by atoms with Crippen molar-refractivity contribution in [2.75, 3.05) is 0 Å². The van der Waals surface area contributed by atoms with E-state index in [0.29, 0.717) is 17.3 Å². The molecule has 0 aliphatic rings. The Kier molecular flexibility index (Phi) is 3.72. The van der Waals surface area contributed by atoms with E-state index in [1.54, 1.807) is 42.5 Å². The van der Waals surface area contributed by atoms with E-state index >= 15 is 0 Å².